The van der Waals surface area contributed by atoms with E-state index in [0.29, 0.717) is 6.54 Å². The van der Waals surface area contributed by atoms with Crippen LogP contribution >= 0.6 is 0 Å². The van der Waals surface area contributed by atoms with Crippen LogP contribution < -0.4 is 5.48 Å². The normalized spacial score (nSPS) is 11.0. The molecule has 2 N–H and O–H groups in total. The summed E-state index contributed by atoms with van der Waals surface area (Å²) in [4.78, 5) is 8.11. The minimum atomic E-state index is 0.699. The van der Waals surface area contributed by atoms with E-state index in [1.165, 1.54) is 16.5 Å². The lowest BCUT2D eigenvalue weighted by atomic mass is 10.2. The van der Waals surface area contributed by atoms with E-state index < -0.39 is 0 Å². The summed E-state index contributed by atoms with van der Waals surface area (Å²) < 4.78 is 0. The van der Waals surface area contributed by atoms with Crippen LogP contribution in [0.3, 0.4) is 0 Å². The number of fused-ring (bicyclic) bond motifs is 1. The Hall–Kier alpha value is -1.32. The minimum absolute atomic E-state index is 0.699. The largest absolute Gasteiger partial charge is 0.357 e. The van der Waals surface area contributed by atoms with Gasteiger partial charge in [0.25, 0.3) is 0 Å². The molecule has 0 unspecified atom stereocenters. The van der Waals surface area contributed by atoms with Crippen LogP contribution in [0.15, 0.2) is 24.3 Å². The van der Waals surface area contributed by atoms with Crippen molar-refractivity contribution in [1.82, 2.24) is 10.5 Å². The molecule has 0 fully saturated rings. The van der Waals surface area contributed by atoms with Gasteiger partial charge in [-0.05, 0) is 30.5 Å². The second kappa shape index (κ2) is 3.82. The van der Waals surface area contributed by atoms with E-state index in [9.17, 15) is 0 Å². The topological polar surface area (TPSA) is 37.0 Å². The van der Waals surface area contributed by atoms with Crippen molar-refractivity contribution in [3.05, 3.63) is 35.5 Å². The fourth-order valence-corrected chi connectivity index (χ4v) is 1.56. The average molecular weight is 190 g/mol. The first-order valence-electron chi connectivity index (χ1n) is 4.63. The third-order valence-corrected chi connectivity index (χ3v) is 2.24. The van der Waals surface area contributed by atoms with Gasteiger partial charge in [-0.25, -0.2) is 0 Å². The maximum absolute atomic E-state index is 4.80. The molecule has 0 radical (unpaired) electrons. The van der Waals surface area contributed by atoms with Crippen LogP contribution in [-0.2, 0) is 11.4 Å². The lowest BCUT2D eigenvalue weighted by Gasteiger charge is -1.96. The molecule has 0 saturated carbocycles. The van der Waals surface area contributed by atoms with Gasteiger partial charge >= 0.3 is 0 Å². The van der Waals surface area contributed by atoms with Crippen LogP contribution in [0, 0.1) is 6.92 Å². The highest BCUT2D eigenvalue weighted by molar-refractivity contribution is 5.81. The molecular formula is C11H14N2O. The second-order valence-corrected chi connectivity index (χ2v) is 3.41. The van der Waals surface area contributed by atoms with Gasteiger partial charge < -0.3 is 9.82 Å². The highest BCUT2D eigenvalue weighted by Crippen LogP contribution is 2.16. The summed E-state index contributed by atoms with van der Waals surface area (Å²) in [6, 6.07) is 8.50. The Labute approximate surface area is 83.0 Å². The van der Waals surface area contributed by atoms with Crippen LogP contribution in [0.25, 0.3) is 10.9 Å². The van der Waals surface area contributed by atoms with Gasteiger partial charge in [0.2, 0.25) is 0 Å². The van der Waals surface area contributed by atoms with Gasteiger partial charge in [0.15, 0.2) is 0 Å². The number of H-pyrrole nitrogens is 1. The van der Waals surface area contributed by atoms with Crippen LogP contribution in [0.2, 0.25) is 0 Å². The zero-order valence-electron chi connectivity index (χ0n) is 8.42. The number of aromatic amines is 1. The number of benzene rings is 1. The minimum Gasteiger partial charge on any atom is -0.357 e. The number of aromatic nitrogens is 1. The maximum Gasteiger partial charge on any atom is 0.0611 e. The molecule has 0 spiro atoms. The summed E-state index contributed by atoms with van der Waals surface area (Å²) in [5.41, 5.74) is 6.39. The van der Waals surface area contributed by atoms with E-state index in [2.05, 4.69) is 41.7 Å². The summed E-state index contributed by atoms with van der Waals surface area (Å²) in [6.45, 7) is 2.80. The first kappa shape index (κ1) is 9.24. The molecule has 1 aromatic carbocycles. The Bertz CT molecular complexity index is 434. The van der Waals surface area contributed by atoms with Crippen molar-refractivity contribution >= 4 is 10.9 Å². The first-order chi connectivity index (χ1) is 6.79. The SMILES string of the molecule is CONCc1cc2cc(C)ccc2[nH]1. The molecule has 0 amide bonds. The smallest absolute Gasteiger partial charge is 0.0611 e. The molecule has 3 nitrogen and oxygen atoms in total. The molecule has 0 aliphatic rings. The van der Waals surface area contributed by atoms with Crippen molar-refractivity contribution < 1.29 is 4.84 Å². The fourth-order valence-electron chi connectivity index (χ4n) is 1.56. The molecule has 74 valence electrons. The van der Waals surface area contributed by atoms with Crippen molar-refractivity contribution in [3.8, 4) is 0 Å². The fraction of sp³-hybridized carbons (Fsp3) is 0.273. The summed E-state index contributed by atoms with van der Waals surface area (Å²) >= 11 is 0. The number of aryl methyl sites for hydroxylation is 1. The monoisotopic (exact) mass is 190 g/mol. The quantitative estimate of drug-likeness (QED) is 0.727. The Morgan fingerprint density at radius 3 is 3.00 bits per heavy atom. The lowest BCUT2D eigenvalue weighted by Crippen LogP contribution is -2.10. The average Bonchev–Trinajstić information content (AvgIpc) is 2.56. The zero-order valence-corrected chi connectivity index (χ0v) is 8.42. The number of hydrogen-bond donors (Lipinski definition) is 2. The molecule has 0 saturated heterocycles. The molecule has 1 aromatic heterocycles. The molecule has 14 heavy (non-hydrogen) atoms. The van der Waals surface area contributed by atoms with Gasteiger partial charge in [-0.2, -0.15) is 5.48 Å². The third-order valence-electron chi connectivity index (χ3n) is 2.24. The Morgan fingerprint density at radius 2 is 2.21 bits per heavy atom. The van der Waals surface area contributed by atoms with Crippen molar-refractivity contribution in [2.45, 2.75) is 13.5 Å². The first-order valence-corrected chi connectivity index (χ1v) is 4.63. The Kier molecular flexibility index (Phi) is 2.52. The number of nitrogens with one attached hydrogen (secondary N) is 2. The van der Waals surface area contributed by atoms with Crippen LogP contribution in [0.1, 0.15) is 11.3 Å². The van der Waals surface area contributed by atoms with Gasteiger partial charge in [0, 0.05) is 11.2 Å². The van der Waals surface area contributed by atoms with Crippen molar-refractivity contribution in [1.29, 1.82) is 0 Å². The van der Waals surface area contributed by atoms with Gasteiger partial charge in [-0.1, -0.05) is 11.6 Å². The lowest BCUT2D eigenvalue weighted by molar-refractivity contribution is 0.0860. The van der Waals surface area contributed by atoms with Gasteiger partial charge in [-0.3, -0.25) is 0 Å². The highest BCUT2D eigenvalue weighted by Gasteiger charge is 1.99. The van der Waals surface area contributed by atoms with E-state index in [0.717, 1.165) is 5.69 Å². The number of rotatable bonds is 3. The van der Waals surface area contributed by atoms with Crippen LogP contribution in [-0.4, -0.2) is 12.1 Å². The number of hydrogen-bond acceptors (Lipinski definition) is 2. The molecule has 2 rings (SSSR count). The molecular weight excluding hydrogens is 176 g/mol. The van der Waals surface area contributed by atoms with Gasteiger partial charge in [-0.15, -0.1) is 0 Å². The summed E-state index contributed by atoms with van der Waals surface area (Å²) in [7, 11) is 1.62. The zero-order chi connectivity index (χ0) is 9.97. The standard InChI is InChI=1S/C11H14N2O/c1-8-3-4-11-9(5-8)6-10(13-11)7-12-14-2/h3-6,12-13H,7H2,1-2H3. The van der Waals surface area contributed by atoms with Gasteiger partial charge in [0.05, 0.1) is 13.7 Å². The summed E-state index contributed by atoms with van der Waals surface area (Å²) in [6.07, 6.45) is 0. The second-order valence-electron chi connectivity index (χ2n) is 3.41. The highest BCUT2D eigenvalue weighted by atomic mass is 16.6. The van der Waals surface area contributed by atoms with E-state index in [-0.39, 0.29) is 0 Å². The third kappa shape index (κ3) is 1.78. The van der Waals surface area contributed by atoms with Crippen molar-refractivity contribution in [3.63, 3.8) is 0 Å². The Morgan fingerprint density at radius 1 is 1.36 bits per heavy atom. The van der Waals surface area contributed by atoms with E-state index in [1.807, 2.05) is 0 Å². The van der Waals surface area contributed by atoms with Gasteiger partial charge in [0.1, 0.15) is 0 Å². The molecule has 2 aromatic rings. The molecule has 0 aliphatic heterocycles. The molecule has 3 heteroatoms. The predicted octanol–water partition coefficient (Wildman–Crippen LogP) is 2.13. The molecule has 0 bridgehead atoms. The van der Waals surface area contributed by atoms with E-state index >= 15 is 0 Å². The maximum atomic E-state index is 4.80. The van der Waals surface area contributed by atoms with Crippen LogP contribution in [0.5, 0.6) is 0 Å². The predicted molar refractivity (Wildman–Crippen MR) is 56.9 cm³/mol. The summed E-state index contributed by atoms with van der Waals surface area (Å²) in [5.74, 6) is 0. The van der Waals surface area contributed by atoms with E-state index in [1.54, 1.807) is 7.11 Å². The van der Waals surface area contributed by atoms with Crippen molar-refractivity contribution in [2.24, 2.45) is 0 Å². The van der Waals surface area contributed by atoms with Crippen molar-refractivity contribution in [2.75, 3.05) is 7.11 Å². The molecule has 0 atom stereocenters. The molecule has 1 heterocycles. The van der Waals surface area contributed by atoms with E-state index in [4.69, 9.17) is 4.84 Å². The summed E-state index contributed by atoms with van der Waals surface area (Å²) in [5, 5.41) is 1.25. The number of hydroxylamine groups is 1. The van der Waals surface area contributed by atoms with Crippen LogP contribution in [0.4, 0.5) is 0 Å². The Balaban J connectivity index is 2.32. The molecule has 0 aliphatic carbocycles.